The van der Waals surface area contributed by atoms with Crippen LogP contribution >= 0.6 is 11.3 Å². The second-order valence-corrected chi connectivity index (χ2v) is 6.17. The number of halogens is 1. The Labute approximate surface area is 140 Å². The van der Waals surface area contributed by atoms with Crippen LogP contribution in [-0.2, 0) is 24.4 Å². The van der Waals surface area contributed by atoms with Gasteiger partial charge in [0.1, 0.15) is 5.82 Å². The lowest BCUT2D eigenvalue weighted by Crippen LogP contribution is -2.36. The average Bonchev–Trinajstić information content (AvgIpc) is 2.96. The molecule has 0 saturated heterocycles. The van der Waals surface area contributed by atoms with Gasteiger partial charge in [-0.15, -0.1) is 11.3 Å². The Morgan fingerprint density at radius 2 is 2.04 bits per heavy atom. The van der Waals surface area contributed by atoms with E-state index in [1.807, 2.05) is 6.07 Å². The summed E-state index contributed by atoms with van der Waals surface area (Å²) in [4.78, 5) is 5.50. The molecule has 2 rings (SSSR count). The number of aliphatic imine (C=N–C) groups is 1. The van der Waals surface area contributed by atoms with Crippen LogP contribution in [0.4, 0.5) is 4.39 Å². The summed E-state index contributed by atoms with van der Waals surface area (Å²) in [7, 11) is 3.29. The number of benzene rings is 1. The van der Waals surface area contributed by atoms with Gasteiger partial charge in [-0.2, -0.15) is 0 Å². The zero-order valence-electron chi connectivity index (χ0n) is 13.6. The number of aryl methyl sites for hydroxylation is 1. The Kier molecular flexibility index (Phi) is 6.55. The van der Waals surface area contributed by atoms with Crippen molar-refractivity contribution in [3.63, 3.8) is 0 Å². The normalized spacial score (nSPS) is 11.6. The number of nitrogens with one attached hydrogen (secondary N) is 2. The van der Waals surface area contributed by atoms with E-state index in [4.69, 9.17) is 4.74 Å². The molecule has 0 fully saturated rings. The van der Waals surface area contributed by atoms with Crippen molar-refractivity contribution in [2.45, 2.75) is 26.6 Å². The standard InChI is InChI=1S/C17H22FN3OS/c1-12-6-7-23-16(12)10-21-17(19-2)20-9-13-4-5-15(18)14(8-13)11-22-3/h4-8H,9-11H2,1-3H3,(H2,19,20,21). The van der Waals surface area contributed by atoms with Gasteiger partial charge >= 0.3 is 0 Å². The van der Waals surface area contributed by atoms with Gasteiger partial charge in [0.15, 0.2) is 5.96 Å². The van der Waals surface area contributed by atoms with Gasteiger partial charge < -0.3 is 15.4 Å². The molecule has 0 saturated carbocycles. The summed E-state index contributed by atoms with van der Waals surface area (Å²) in [6.45, 7) is 3.67. The van der Waals surface area contributed by atoms with E-state index >= 15 is 0 Å². The molecule has 1 heterocycles. The van der Waals surface area contributed by atoms with Crippen LogP contribution in [0.3, 0.4) is 0 Å². The minimum Gasteiger partial charge on any atom is -0.380 e. The van der Waals surface area contributed by atoms with E-state index in [-0.39, 0.29) is 12.4 Å². The number of hydrogen-bond donors (Lipinski definition) is 2. The number of guanidine groups is 1. The largest absolute Gasteiger partial charge is 0.380 e. The van der Waals surface area contributed by atoms with Crippen molar-refractivity contribution >= 4 is 17.3 Å². The molecule has 0 spiro atoms. The molecule has 0 aliphatic heterocycles. The highest BCUT2D eigenvalue weighted by Gasteiger charge is 2.05. The number of nitrogens with zero attached hydrogens (tertiary/aromatic N) is 1. The van der Waals surface area contributed by atoms with Gasteiger partial charge in [-0.3, -0.25) is 4.99 Å². The lowest BCUT2D eigenvalue weighted by Gasteiger charge is -2.12. The van der Waals surface area contributed by atoms with Crippen LogP contribution in [0.15, 0.2) is 34.6 Å². The number of rotatable bonds is 6. The third-order valence-electron chi connectivity index (χ3n) is 3.48. The Hall–Kier alpha value is -1.92. The van der Waals surface area contributed by atoms with E-state index in [1.165, 1.54) is 16.5 Å². The summed E-state index contributed by atoms with van der Waals surface area (Å²) in [6.07, 6.45) is 0. The summed E-state index contributed by atoms with van der Waals surface area (Å²) in [5.41, 5.74) is 2.82. The molecule has 0 amide bonds. The monoisotopic (exact) mass is 335 g/mol. The maximum atomic E-state index is 13.6. The van der Waals surface area contributed by atoms with Crippen LogP contribution in [0, 0.1) is 12.7 Å². The molecular formula is C17H22FN3OS. The van der Waals surface area contributed by atoms with Crippen molar-refractivity contribution in [1.82, 2.24) is 10.6 Å². The van der Waals surface area contributed by atoms with Gasteiger partial charge in [-0.1, -0.05) is 6.07 Å². The molecule has 124 valence electrons. The average molecular weight is 335 g/mol. The minimum absolute atomic E-state index is 0.244. The van der Waals surface area contributed by atoms with E-state index in [9.17, 15) is 4.39 Å². The number of thiophene rings is 1. The lowest BCUT2D eigenvalue weighted by atomic mass is 10.1. The Bertz CT molecular complexity index is 670. The van der Waals surface area contributed by atoms with Crippen molar-refractivity contribution < 1.29 is 9.13 Å². The first-order valence-corrected chi connectivity index (χ1v) is 8.25. The zero-order valence-corrected chi connectivity index (χ0v) is 14.5. The summed E-state index contributed by atoms with van der Waals surface area (Å²) >= 11 is 1.72. The Morgan fingerprint density at radius 1 is 1.26 bits per heavy atom. The molecule has 0 aliphatic rings. The maximum Gasteiger partial charge on any atom is 0.191 e. The molecule has 0 unspecified atom stereocenters. The van der Waals surface area contributed by atoms with Gasteiger partial charge in [0.2, 0.25) is 0 Å². The van der Waals surface area contributed by atoms with Gasteiger partial charge in [-0.05, 0) is 41.6 Å². The Morgan fingerprint density at radius 3 is 2.70 bits per heavy atom. The lowest BCUT2D eigenvalue weighted by molar-refractivity contribution is 0.181. The van der Waals surface area contributed by atoms with Crippen LogP contribution < -0.4 is 10.6 Å². The fourth-order valence-corrected chi connectivity index (χ4v) is 3.01. The molecule has 4 nitrogen and oxygen atoms in total. The SMILES string of the molecule is CN=C(NCc1ccc(F)c(COC)c1)NCc1sccc1C. The topological polar surface area (TPSA) is 45.7 Å². The highest BCUT2D eigenvalue weighted by Crippen LogP contribution is 2.15. The zero-order chi connectivity index (χ0) is 16.7. The molecule has 2 N–H and O–H groups in total. The van der Waals surface area contributed by atoms with Crippen LogP contribution in [0.25, 0.3) is 0 Å². The number of methoxy groups -OCH3 is 1. The highest BCUT2D eigenvalue weighted by molar-refractivity contribution is 7.10. The van der Waals surface area contributed by atoms with E-state index in [0.717, 1.165) is 18.1 Å². The van der Waals surface area contributed by atoms with Crippen molar-refractivity contribution in [3.8, 4) is 0 Å². The molecule has 0 atom stereocenters. The molecule has 0 radical (unpaired) electrons. The minimum atomic E-state index is -0.244. The quantitative estimate of drug-likeness (QED) is 0.629. The van der Waals surface area contributed by atoms with Gasteiger partial charge in [0, 0.05) is 31.1 Å². The first-order valence-electron chi connectivity index (χ1n) is 7.37. The molecule has 2 aromatic rings. The fraction of sp³-hybridized carbons (Fsp3) is 0.353. The van der Waals surface area contributed by atoms with E-state index in [0.29, 0.717) is 12.1 Å². The number of ether oxygens (including phenoxy) is 1. The van der Waals surface area contributed by atoms with Crippen molar-refractivity contribution in [2.75, 3.05) is 14.2 Å². The highest BCUT2D eigenvalue weighted by atomic mass is 32.1. The second kappa shape index (κ2) is 8.64. The molecule has 1 aromatic carbocycles. The third kappa shape index (κ3) is 5.04. The van der Waals surface area contributed by atoms with Crippen LogP contribution in [-0.4, -0.2) is 20.1 Å². The molecular weight excluding hydrogens is 313 g/mol. The van der Waals surface area contributed by atoms with E-state index < -0.39 is 0 Å². The third-order valence-corrected chi connectivity index (χ3v) is 4.50. The van der Waals surface area contributed by atoms with Crippen molar-refractivity contribution in [3.05, 3.63) is 57.0 Å². The summed E-state index contributed by atoms with van der Waals surface area (Å²) in [5.74, 6) is 0.474. The number of hydrogen-bond acceptors (Lipinski definition) is 3. The van der Waals surface area contributed by atoms with E-state index in [2.05, 4.69) is 34.0 Å². The first-order chi connectivity index (χ1) is 11.1. The van der Waals surface area contributed by atoms with Gasteiger partial charge in [0.25, 0.3) is 0 Å². The predicted octanol–water partition coefficient (Wildman–Crippen LogP) is 3.21. The van der Waals surface area contributed by atoms with Gasteiger partial charge in [0.05, 0.1) is 13.2 Å². The van der Waals surface area contributed by atoms with Gasteiger partial charge in [-0.25, -0.2) is 4.39 Å². The maximum absolute atomic E-state index is 13.6. The van der Waals surface area contributed by atoms with Crippen molar-refractivity contribution in [2.24, 2.45) is 4.99 Å². The Balaban J connectivity index is 1.90. The fourth-order valence-electron chi connectivity index (χ4n) is 2.16. The molecule has 0 bridgehead atoms. The molecule has 1 aromatic heterocycles. The van der Waals surface area contributed by atoms with Crippen LogP contribution in [0.2, 0.25) is 0 Å². The summed E-state index contributed by atoms with van der Waals surface area (Å²) in [5, 5.41) is 8.60. The molecule has 23 heavy (non-hydrogen) atoms. The second-order valence-electron chi connectivity index (χ2n) is 5.16. The van der Waals surface area contributed by atoms with Crippen molar-refractivity contribution in [1.29, 1.82) is 0 Å². The summed E-state index contributed by atoms with van der Waals surface area (Å²) in [6, 6.07) is 7.14. The predicted molar refractivity (Wildman–Crippen MR) is 93.2 cm³/mol. The molecule has 0 aliphatic carbocycles. The first kappa shape index (κ1) is 17.4. The van der Waals surface area contributed by atoms with Crippen LogP contribution in [0.5, 0.6) is 0 Å². The van der Waals surface area contributed by atoms with E-state index in [1.54, 1.807) is 31.6 Å². The van der Waals surface area contributed by atoms with Crippen LogP contribution in [0.1, 0.15) is 21.6 Å². The summed E-state index contributed by atoms with van der Waals surface area (Å²) < 4.78 is 18.6. The molecule has 6 heteroatoms. The smallest absolute Gasteiger partial charge is 0.191 e.